The van der Waals surface area contributed by atoms with E-state index in [1.165, 1.54) is 12.1 Å². The molecule has 1 amide bonds. The first-order chi connectivity index (χ1) is 9.32. The van der Waals surface area contributed by atoms with Crippen LogP contribution in [0.5, 0.6) is 0 Å². The summed E-state index contributed by atoms with van der Waals surface area (Å²) < 4.78 is 37.1. The summed E-state index contributed by atoms with van der Waals surface area (Å²) in [5.41, 5.74) is 0.0325. The summed E-state index contributed by atoms with van der Waals surface area (Å²) in [4.78, 5) is 11.5. The molecule has 3 nitrogen and oxygen atoms in total. The number of benzene rings is 1. The largest absolute Gasteiger partial charge is 0.416 e. The molecular formula is C14H19F3N2O. The fraction of sp³-hybridized carbons (Fsp3) is 0.500. The number of hydrogen-bond acceptors (Lipinski definition) is 2. The first-order valence-electron chi connectivity index (χ1n) is 6.49. The van der Waals surface area contributed by atoms with Crippen LogP contribution in [0.2, 0.25) is 0 Å². The van der Waals surface area contributed by atoms with Crippen LogP contribution in [0.15, 0.2) is 24.3 Å². The summed E-state index contributed by atoms with van der Waals surface area (Å²) in [6.07, 6.45) is -3.47. The van der Waals surface area contributed by atoms with Crippen LogP contribution in [0.25, 0.3) is 0 Å². The van der Waals surface area contributed by atoms with Gasteiger partial charge in [0.05, 0.1) is 12.1 Å². The van der Waals surface area contributed by atoms with Crippen molar-refractivity contribution in [3.05, 3.63) is 35.4 Å². The number of alkyl halides is 3. The lowest BCUT2D eigenvalue weighted by atomic mass is 10.1. The molecule has 0 saturated carbocycles. The standard InChI is InChI=1S/C14H19F3N2O/c1-3-10(2)19-13(20)9-18-8-11-4-6-12(7-5-11)14(15,16)17/h4-7,10,18H,3,8-9H2,1-2H3,(H,19,20). The second-order valence-electron chi connectivity index (χ2n) is 4.68. The van der Waals surface area contributed by atoms with E-state index in [-0.39, 0.29) is 18.5 Å². The summed E-state index contributed by atoms with van der Waals surface area (Å²) in [6.45, 7) is 4.38. The number of halogens is 3. The van der Waals surface area contributed by atoms with Gasteiger partial charge in [-0.3, -0.25) is 4.79 Å². The van der Waals surface area contributed by atoms with Crippen LogP contribution in [-0.4, -0.2) is 18.5 Å². The van der Waals surface area contributed by atoms with E-state index in [0.717, 1.165) is 18.6 Å². The van der Waals surface area contributed by atoms with Gasteiger partial charge in [0.2, 0.25) is 5.91 Å². The Kier molecular flexibility index (Phi) is 6.01. The normalized spacial score (nSPS) is 13.1. The third-order valence-corrected chi connectivity index (χ3v) is 2.92. The molecule has 0 aliphatic heterocycles. The van der Waals surface area contributed by atoms with E-state index in [2.05, 4.69) is 10.6 Å². The van der Waals surface area contributed by atoms with Gasteiger partial charge in [-0.15, -0.1) is 0 Å². The Labute approximate surface area is 116 Å². The number of amides is 1. The molecule has 2 N–H and O–H groups in total. The summed E-state index contributed by atoms with van der Waals surface area (Å²) in [7, 11) is 0. The monoisotopic (exact) mass is 288 g/mol. The molecular weight excluding hydrogens is 269 g/mol. The molecule has 0 radical (unpaired) electrons. The van der Waals surface area contributed by atoms with Crippen LogP contribution in [0, 0.1) is 0 Å². The number of rotatable bonds is 6. The quantitative estimate of drug-likeness (QED) is 0.845. The molecule has 0 saturated heterocycles. The molecule has 0 aromatic heterocycles. The van der Waals surface area contributed by atoms with Crippen molar-refractivity contribution in [2.75, 3.05) is 6.54 Å². The number of hydrogen-bond donors (Lipinski definition) is 2. The van der Waals surface area contributed by atoms with E-state index in [9.17, 15) is 18.0 Å². The molecule has 1 unspecified atom stereocenters. The summed E-state index contributed by atoms with van der Waals surface area (Å²) in [5, 5.41) is 5.69. The Morgan fingerprint density at radius 1 is 1.25 bits per heavy atom. The minimum Gasteiger partial charge on any atom is -0.353 e. The Morgan fingerprint density at radius 3 is 2.35 bits per heavy atom. The number of nitrogens with one attached hydrogen (secondary N) is 2. The van der Waals surface area contributed by atoms with Crippen molar-refractivity contribution >= 4 is 5.91 Å². The topological polar surface area (TPSA) is 41.1 Å². The highest BCUT2D eigenvalue weighted by Crippen LogP contribution is 2.28. The van der Waals surface area contributed by atoms with Crippen molar-refractivity contribution in [3.63, 3.8) is 0 Å². The molecule has 1 aromatic carbocycles. The lowest BCUT2D eigenvalue weighted by Gasteiger charge is -2.12. The number of carbonyl (C=O) groups excluding carboxylic acids is 1. The second-order valence-corrected chi connectivity index (χ2v) is 4.68. The van der Waals surface area contributed by atoms with Gasteiger partial charge >= 0.3 is 6.18 Å². The van der Waals surface area contributed by atoms with Gasteiger partial charge in [-0.25, -0.2) is 0 Å². The van der Waals surface area contributed by atoms with Gasteiger partial charge in [0.25, 0.3) is 0 Å². The van der Waals surface area contributed by atoms with Crippen LogP contribution in [0.1, 0.15) is 31.4 Å². The molecule has 6 heteroatoms. The van der Waals surface area contributed by atoms with E-state index >= 15 is 0 Å². The Hall–Kier alpha value is -1.56. The summed E-state index contributed by atoms with van der Waals surface area (Å²) >= 11 is 0. The Bertz CT molecular complexity index is 429. The van der Waals surface area contributed by atoms with E-state index in [0.29, 0.717) is 12.1 Å². The van der Waals surface area contributed by atoms with Gasteiger partial charge in [-0.05, 0) is 31.0 Å². The number of carbonyl (C=O) groups is 1. The highest BCUT2D eigenvalue weighted by atomic mass is 19.4. The lowest BCUT2D eigenvalue weighted by molar-refractivity contribution is -0.137. The van der Waals surface area contributed by atoms with E-state index in [1.54, 1.807) is 0 Å². The van der Waals surface area contributed by atoms with Crippen molar-refractivity contribution in [2.24, 2.45) is 0 Å². The minimum absolute atomic E-state index is 0.119. The van der Waals surface area contributed by atoms with Crippen molar-refractivity contribution in [3.8, 4) is 0 Å². The van der Waals surface area contributed by atoms with E-state index < -0.39 is 11.7 Å². The third-order valence-electron chi connectivity index (χ3n) is 2.92. The molecule has 20 heavy (non-hydrogen) atoms. The fourth-order valence-electron chi connectivity index (χ4n) is 1.56. The Balaban J connectivity index is 2.37. The fourth-order valence-corrected chi connectivity index (χ4v) is 1.56. The van der Waals surface area contributed by atoms with Crippen molar-refractivity contribution in [2.45, 2.75) is 39.0 Å². The molecule has 0 aliphatic rings. The molecule has 0 aliphatic carbocycles. The maximum absolute atomic E-state index is 12.4. The van der Waals surface area contributed by atoms with Crippen LogP contribution < -0.4 is 10.6 Å². The van der Waals surface area contributed by atoms with Crippen LogP contribution in [0.3, 0.4) is 0 Å². The molecule has 1 aromatic rings. The first kappa shape index (κ1) is 16.5. The Morgan fingerprint density at radius 2 is 1.85 bits per heavy atom. The predicted octanol–water partition coefficient (Wildman–Crippen LogP) is 2.71. The van der Waals surface area contributed by atoms with Gasteiger partial charge in [0.15, 0.2) is 0 Å². The smallest absolute Gasteiger partial charge is 0.353 e. The SMILES string of the molecule is CCC(C)NC(=O)CNCc1ccc(C(F)(F)F)cc1. The molecule has 112 valence electrons. The average molecular weight is 288 g/mol. The molecule has 0 fully saturated rings. The maximum Gasteiger partial charge on any atom is 0.416 e. The van der Waals surface area contributed by atoms with Gasteiger partial charge in [0.1, 0.15) is 0 Å². The minimum atomic E-state index is -4.32. The molecule has 1 atom stereocenters. The summed E-state index contributed by atoms with van der Waals surface area (Å²) in [6, 6.07) is 5.01. The zero-order chi connectivity index (χ0) is 15.2. The molecule has 0 heterocycles. The van der Waals surface area contributed by atoms with E-state index in [4.69, 9.17) is 0 Å². The highest BCUT2D eigenvalue weighted by molar-refractivity contribution is 5.78. The van der Waals surface area contributed by atoms with Crippen molar-refractivity contribution in [1.29, 1.82) is 0 Å². The lowest BCUT2D eigenvalue weighted by Crippen LogP contribution is -2.38. The molecule has 0 bridgehead atoms. The van der Waals surface area contributed by atoms with Crippen LogP contribution in [0.4, 0.5) is 13.2 Å². The highest BCUT2D eigenvalue weighted by Gasteiger charge is 2.29. The molecule has 0 spiro atoms. The second kappa shape index (κ2) is 7.28. The van der Waals surface area contributed by atoms with Crippen molar-refractivity contribution in [1.82, 2.24) is 10.6 Å². The van der Waals surface area contributed by atoms with Crippen molar-refractivity contribution < 1.29 is 18.0 Å². The first-order valence-corrected chi connectivity index (χ1v) is 6.49. The van der Waals surface area contributed by atoms with Crippen LogP contribution in [-0.2, 0) is 17.5 Å². The van der Waals surface area contributed by atoms with Gasteiger partial charge in [0, 0.05) is 12.6 Å². The molecule has 1 rings (SSSR count). The zero-order valence-corrected chi connectivity index (χ0v) is 11.6. The van der Waals surface area contributed by atoms with Gasteiger partial charge in [-0.1, -0.05) is 19.1 Å². The third kappa shape index (κ3) is 5.61. The maximum atomic E-state index is 12.4. The van der Waals surface area contributed by atoms with Gasteiger partial charge < -0.3 is 10.6 Å². The van der Waals surface area contributed by atoms with Gasteiger partial charge in [-0.2, -0.15) is 13.2 Å². The average Bonchev–Trinajstić information content (AvgIpc) is 2.38. The van der Waals surface area contributed by atoms with Crippen LogP contribution >= 0.6 is 0 Å². The van der Waals surface area contributed by atoms with E-state index in [1.807, 2.05) is 13.8 Å². The summed E-state index contributed by atoms with van der Waals surface area (Å²) in [5.74, 6) is -0.119. The predicted molar refractivity (Wildman–Crippen MR) is 71.0 cm³/mol. The zero-order valence-electron chi connectivity index (χ0n) is 11.6.